The van der Waals surface area contributed by atoms with E-state index in [1.807, 2.05) is 0 Å². The molecule has 2 rings (SSSR count). The number of aliphatic hydroxyl groups excluding tert-OH is 1. The molecular formula is C13H20N2O3S. The molecule has 0 radical (unpaired) electrons. The number of rotatable bonds is 3. The summed E-state index contributed by atoms with van der Waals surface area (Å²) < 4.78 is 0. The summed E-state index contributed by atoms with van der Waals surface area (Å²) in [6, 6.07) is 1.51. The van der Waals surface area contributed by atoms with Crippen LogP contribution in [0.2, 0.25) is 0 Å². The second-order valence-electron chi connectivity index (χ2n) is 5.30. The fourth-order valence-corrected chi connectivity index (χ4v) is 3.53. The van der Waals surface area contributed by atoms with Gasteiger partial charge in [-0.1, -0.05) is 6.92 Å². The Bertz CT molecular complexity index is 459. The third kappa shape index (κ3) is 3.25. The SMILES string of the molecule is CC1CCCN(c2sc([C@H](C)O)cc2[N+](=O)[O-])CC1. The van der Waals surface area contributed by atoms with Crippen LogP contribution in [0.15, 0.2) is 6.07 Å². The van der Waals surface area contributed by atoms with Crippen LogP contribution in [0.4, 0.5) is 10.7 Å². The predicted molar refractivity (Wildman–Crippen MR) is 76.8 cm³/mol. The van der Waals surface area contributed by atoms with Crippen molar-refractivity contribution in [3.8, 4) is 0 Å². The maximum absolute atomic E-state index is 11.2. The first-order valence-corrected chi connectivity index (χ1v) is 7.51. The van der Waals surface area contributed by atoms with Gasteiger partial charge in [-0.3, -0.25) is 10.1 Å². The minimum atomic E-state index is -0.650. The fourth-order valence-electron chi connectivity index (χ4n) is 2.42. The van der Waals surface area contributed by atoms with Gasteiger partial charge in [0.2, 0.25) is 0 Å². The minimum Gasteiger partial charge on any atom is -0.388 e. The lowest BCUT2D eigenvalue weighted by Crippen LogP contribution is -2.23. The summed E-state index contributed by atoms with van der Waals surface area (Å²) in [5, 5.41) is 21.5. The number of aliphatic hydroxyl groups is 1. The number of anilines is 1. The zero-order chi connectivity index (χ0) is 14.0. The van der Waals surface area contributed by atoms with Gasteiger partial charge < -0.3 is 10.0 Å². The highest BCUT2D eigenvalue weighted by molar-refractivity contribution is 7.16. The molecule has 1 fully saturated rings. The van der Waals surface area contributed by atoms with Crippen molar-refractivity contribution in [2.45, 2.75) is 39.2 Å². The van der Waals surface area contributed by atoms with Gasteiger partial charge in [-0.2, -0.15) is 0 Å². The molecule has 0 saturated carbocycles. The van der Waals surface area contributed by atoms with Gasteiger partial charge in [-0.15, -0.1) is 11.3 Å². The lowest BCUT2D eigenvalue weighted by Gasteiger charge is -2.20. The lowest BCUT2D eigenvalue weighted by atomic mass is 10.0. The van der Waals surface area contributed by atoms with Crippen LogP contribution in [-0.2, 0) is 0 Å². The summed E-state index contributed by atoms with van der Waals surface area (Å²) in [5.41, 5.74) is 0.135. The molecule has 0 aromatic carbocycles. The normalized spacial score (nSPS) is 22.1. The second kappa shape index (κ2) is 5.88. The molecule has 0 aliphatic carbocycles. The van der Waals surface area contributed by atoms with Crippen LogP contribution in [0.1, 0.15) is 44.1 Å². The van der Waals surface area contributed by atoms with E-state index in [2.05, 4.69) is 11.8 Å². The maximum atomic E-state index is 11.2. The Labute approximate surface area is 117 Å². The second-order valence-corrected chi connectivity index (χ2v) is 6.36. The molecule has 1 aliphatic rings. The van der Waals surface area contributed by atoms with E-state index in [1.54, 1.807) is 6.92 Å². The predicted octanol–water partition coefficient (Wildman–Crippen LogP) is 3.34. The van der Waals surface area contributed by atoms with Gasteiger partial charge in [0.05, 0.1) is 11.0 Å². The summed E-state index contributed by atoms with van der Waals surface area (Å²) in [6.45, 7) is 5.60. The van der Waals surface area contributed by atoms with E-state index >= 15 is 0 Å². The van der Waals surface area contributed by atoms with Crippen molar-refractivity contribution in [1.29, 1.82) is 0 Å². The lowest BCUT2D eigenvalue weighted by molar-refractivity contribution is -0.383. The van der Waals surface area contributed by atoms with Crippen LogP contribution in [0, 0.1) is 16.0 Å². The first-order chi connectivity index (χ1) is 8.99. The molecule has 2 heterocycles. The van der Waals surface area contributed by atoms with E-state index < -0.39 is 6.10 Å². The highest BCUT2D eigenvalue weighted by Crippen LogP contribution is 2.41. The molecule has 106 valence electrons. The summed E-state index contributed by atoms with van der Waals surface area (Å²) in [7, 11) is 0. The Morgan fingerprint density at radius 1 is 1.53 bits per heavy atom. The van der Waals surface area contributed by atoms with Crippen molar-refractivity contribution >= 4 is 22.0 Å². The zero-order valence-corrected chi connectivity index (χ0v) is 12.2. The number of thiophene rings is 1. The third-order valence-electron chi connectivity index (χ3n) is 3.63. The first-order valence-electron chi connectivity index (χ1n) is 6.70. The molecule has 1 N–H and O–H groups in total. The van der Waals surface area contributed by atoms with E-state index in [4.69, 9.17) is 0 Å². The summed E-state index contributed by atoms with van der Waals surface area (Å²) >= 11 is 1.35. The largest absolute Gasteiger partial charge is 0.388 e. The smallest absolute Gasteiger partial charge is 0.304 e. The standard InChI is InChI=1S/C13H20N2O3S/c1-9-4-3-6-14(7-5-9)13-11(15(17)18)8-12(19-13)10(2)16/h8-10,16H,3-7H2,1-2H3/t9?,10-/m0/s1. The van der Waals surface area contributed by atoms with E-state index in [1.165, 1.54) is 23.8 Å². The summed E-state index contributed by atoms with van der Waals surface area (Å²) in [6.07, 6.45) is 2.67. The average molecular weight is 284 g/mol. The molecule has 1 unspecified atom stereocenters. The monoisotopic (exact) mass is 284 g/mol. The number of hydrogen-bond acceptors (Lipinski definition) is 5. The Hall–Kier alpha value is -1.14. The van der Waals surface area contributed by atoms with E-state index in [0.717, 1.165) is 25.9 Å². The van der Waals surface area contributed by atoms with Gasteiger partial charge in [0.25, 0.3) is 0 Å². The maximum Gasteiger partial charge on any atom is 0.304 e. The molecule has 0 spiro atoms. The quantitative estimate of drug-likeness (QED) is 0.683. The molecule has 6 heteroatoms. The minimum absolute atomic E-state index is 0.135. The molecular weight excluding hydrogens is 264 g/mol. The molecule has 1 aliphatic heterocycles. The average Bonchev–Trinajstić information content (AvgIpc) is 2.68. The van der Waals surface area contributed by atoms with Crippen molar-refractivity contribution in [1.82, 2.24) is 0 Å². The van der Waals surface area contributed by atoms with Gasteiger partial charge >= 0.3 is 5.69 Å². The van der Waals surface area contributed by atoms with Crippen molar-refractivity contribution in [2.75, 3.05) is 18.0 Å². The van der Waals surface area contributed by atoms with Crippen LogP contribution in [0.5, 0.6) is 0 Å². The summed E-state index contributed by atoms with van der Waals surface area (Å²) in [5.74, 6) is 0.681. The topological polar surface area (TPSA) is 66.6 Å². The summed E-state index contributed by atoms with van der Waals surface area (Å²) in [4.78, 5) is 13.6. The van der Waals surface area contributed by atoms with E-state index in [-0.39, 0.29) is 10.6 Å². The molecule has 2 atom stereocenters. The molecule has 1 aromatic heterocycles. The van der Waals surface area contributed by atoms with Crippen molar-refractivity contribution in [2.24, 2.45) is 5.92 Å². The molecule has 0 bridgehead atoms. The molecule has 0 amide bonds. The van der Waals surface area contributed by atoms with Gasteiger partial charge in [-0.25, -0.2) is 0 Å². The number of nitrogens with zero attached hydrogens (tertiary/aromatic N) is 2. The van der Waals surface area contributed by atoms with Crippen molar-refractivity contribution in [3.63, 3.8) is 0 Å². The molecule has 19 heavy (non-hydrogen) atoms. The van der Waals surface area contributed by atoms with E-state index in [9.17, 15) is 15.2 Å². The van der Waals surface area contributed by atoms with Crippen LogP contribution < -0.4 is 4.90 Å². The first kappa shape index (κ1) is 14.3. The molecule has 1 saturated heterocycles. The van der Waals surface area contributed by atoms with Gasteiger partial charge in [-0.05, 0) is 32.1 Å². The van der Waals surface area contributed by atoms with Crippen molar-refractivity contribution < 1.29 is 10.0 Å². The van der Waals surface area contributed by atoms with Crippen LogP contribution in [0.25, 0.3) is 0 Å². The fraction of sp³-hybridized carbons (Fsp3) is 0.692. The Balaban J connectivity index is 2.29. The van der Waals surface area contributed by atoms with Gasteiger partial charge in [0.15, 0.2) is 5.00 Å². The van der Waals surface area contributed by atoms with Crippen LogP contribution in [-0.4, -0.2) is 23.1 Å². The van der Waals surface area contributed by atoms with Crippen LogP contribution >= 0.6 is 11.3 Å². The van der Waals surface area contributed by atoms with E-state index in [0.29, 0.717) is 15.8 Å². The Morgan fingerprint density at radius 3 is 2.89 bits per heavy atom. The number of hydrogen-bond donors (Lipinski definition) is 1. The number of nitro groups is 1. The highest BCUT2D eigenvalue weighted by atomic mass is 32.1. The highest BCUT2D eigenvalue weighted by Gasteiger charge is 2.26. The molecule has 5 nitrogen and oxygen atoms in total. The van der Waals surface area contributed by atoms with Crippen LogP contribution in [0.3, 0.4) is 0 Å². The van der Waals surface area contributed by atoms with Gasteiger partial charge in [0, 0.05) is 24.0 Å². The zero-order valence-electron chi connectivity index (χ0n) is 11.3. The molecule has 1 aromatic rings. The van der Waals surface area contributed by atoms with Crippen molar-refractivity contribution in [3.05, 3.63) is 21.1 Å². The van der Waals surface area contributed by atoms with Gasteiger partial charge in [0.1, 0.15) is 0 Å². The Morgan fingerprint density at radius 2 is 2.26 bits per heavy atom. The Kier molecular flexibility index (Phi) is 4.42. The third-order valence-corrected chi connectivity index (χ3v) is 4.98.